The Morgan fingerprint density at radius 1 is 1.03 bits per heavy atom. The van der Waals surface area contributed by atoms with Gasteiger partial charge in [0.1, 0.15) is 6.04 Å². The van der Waals surface area contributed by atoms with E-state index in [0.29, 0.717) is 10.6 Å². The summed E-state index contributed by atoms with van der Waals surface area (Å²) < 4.78 is 49.5. The van der Waals surface area contributed by atoms with Gasteiger partial charge in [0, 0.05) is 17.0 Å². The lowest BCUT2D eigenvalue weighted by Crippen LogP contribution is -2.33. The Morgan fingerprint density at radius 2 is 1.53 bits per heavy atom. The van der Waals surface area contributed by atoms with Crippen molar-refractivity contribution in [2.24, 2.45) is 10.2 Å². The van der Waals surface area contributed by atoms with E-state index in [2.05, 4.69) is 10.2 Å². The minimum atomic E-state index is -4.21. The van der Waals surface area contributed by atoms with E-state index < -0.39 is 32.0 Å². The first-order chi connectivity index (χ1) is 14.2. The number of carbonyl (C=O) groups excluding carboxylic acids is 1. The highest BCUT2D eigenvalue weighted by molar-refractivity contribution is 7.74. The molecular formula is C18H27ClN2O7P2. The molecule has 0 N–H and O–H groups in total. The van der Waals surface area contributed by atoms with Crippen LogP contribution in [0.5, 0.6) is 0 Å². The molecule has 1 aliphatic heterocycles. The largest absolute Gasteiger partial charge is 0.372 e. The van der Waals surface area contributed by atoms with Crippen molar-refractivity contribution >= 4 is 32.6 Å². The van der Waals surface area contributed by atoms with Gasteiger partial charge in [-0.2, -0.15) is 10.2 Å². The van der Waals surface area contributed by atoms with Crippen LogP contribution in [0.15, 0.2) is 34.5 Å². The maximum atomic E-state index is 13.8. The molecule has 1 unspecified atom stereocenters. The molecule has 0 saturated carbocycles. The van der Waals surface area contributed by atoms with Crippen molar-refractivity contribution in [1.29, 1.82) is 0 Å². The zero-order chi connectivity index (χ0) is 22.4. The van der Waals surface area contributed by atoms with E-state index in [-0.39, 0.29) is 32.8 Å². The summed E-state index contributed by atoms with van der Waals surface area (Å²) in [5.74, 6) is -0.415. The van der Waals surface area contributed by atoms with E-state index in [9.17, 15) is 13.9 Å². The fraction of sp³-hybridized carbons (Fsp3) is 0.611. The molecule has 1 aromatic rings. The van der Waals surface area contributed by atoms with Gasteiger partial charge in [-0.1, -0.05) is 23.7 Å². The number of hydrogen-bond donors (Lipinski definition) is 0. The summed E-state index contributed by atoms with van der Waals surface area (Å²) in [7, 11) is -8.42. The minimum absolute atomic E-state index is 0.000294. The monoisotopic (exact) mass is 480 g/mol. The van der Waals surface area contributed by atoms with Crippen LogP contribution in [-0.2, 0) is 27.2 Å². The maximum Gasteiger partial charge on any atom is 0.372 e. The Bertz CT molecular complexity index is 830. The number of azo groups is 1. The molecule has 1 aromatic carbocycles. The quantitative estimate of drug-likeness (QED) is 0.269. The highest BCUT2D eigenvalue weighted by Crippen LogP contribution is 2.81. The predicted molar refractivity (Wildman–Crippen MR) is 113 cm³/mol. The Hall–Kier alpha value is -0.920. The van der Waals surface area contributed by atoms with Gasteiger partial charge < -0.3 is 18.1 Å². The number of rotatable bonds is 12. The third-order valence-electron chi connectivity index (χ3n) is 4.31. The van der Waals surface area contributed by atoms with Crippen LogP contribution in [0.1, 0.15) is 44.5 Å². The van der Waals surface area contributed by atoms with E-state index in [1.807, 2.05) is 0 Å². The van der Waals surface area contributed by atoms with Gasteiger partial charge in [0.15, 0.2) is 5.78 Å². The molecule has 2 rings (SSSR count). The molecule has 168 valence electrons. The Labute approximate surface area is 181 Å². The van der Waals surface area contributed by atoms with Crippen LogP contribution in [0, 0.1) is 0 Å². The lowest BCUT2D eigenvalue weighted by Gasteiger charge is -2.36. The van der Waals surface area contributed by atoms with E-state index in [1.54, 1.807) is 45.9 Å². The molecule has 0 aliphatic carbocycles. The smallest absolute Gasteiger partial charge is 0.307 e. The number of hydrogen-bond acceptors (Lipinski definition) is 9. The SMILES string of the molecule is CCOP(=O)(OCC)C1(P(=O)(OCC)OCC)CC(C(=O)c2cccc(Cl)c2)N=N1. The van der Waals surface area contributed by atoms with E-state index in [1.165, 1.54) is 6.07 Å². The molecule has 12 heteroatoms. The summed E-state index contributed by atoms with van der Waals surface area (Å²) in [5.41, 5.74) is 0.299. The fourth-order valence-corrected chi connectivity index (χ4v) is 8.67. The lowest BCUT2D eigenvalue weighted by molar-refractivity contribution is 0.0960. The molecule has 9 nitrogen and oxygen atoms in total. The van der Waals surface area contributed by atoms with Gasteiger partial charge in [-0.3, -0.25) is 13.9 Å². The number of Topliss-reactive ketones (excluding diaryl/α,β-unsaturated/α-hetero) is 1. The Morgan fingerprint density at radius 3 is 1.97 bits per heavy atom. The van der Waals surface area contributed by atoms with Crippen molar-refractivity contribution < 1.29 is 32.0 Å². The number of ketones is 1. The molecule has 0 spiro atoms. The first kappa shape index (κ1) is 25.3. The fourth-order valence-electron chi connectivity index (χ4n) is 3.13. The van der Waals surface area contributed by atoms with Crippen LogP contribution >= 0.6 is 26.8 Å². The van der Waals surface area contributed by atoms with Crippen LogP contribution in [0.3, 0.4) is 0 Å². The van der Waals surface area contributed by atoms with Crippen LogP contribution in [-0.4, -0.2) is 43.3 Å². The second-order valence-corrected chi connectivity index (χ2v) is 11.5. The molecule has 1 atom stereocenters. The zero-order valence-electron chi connectivity index (χ0n) is 17.4. The molecule has 0 radical (unpaired) electrons. The third kappa shape index (κ3) is 4.78. The Balaban J connectivity index is 2.56. The average Bonchev–Trinajstić information content (AvgIpc) is 3.16. The van der Waals surface area contributed by atoms with Gasteiger partial charge in [0.2, 0.25) is 0 Å². The van der Waals surface area contributed by atoms with Gasteiger partial charge >= 0.3 is 15.2 Å². The number of benzene rings is 1. The number of halogens is 1. The molecule has 0 bridgehead atoms. The van der Waals surface area contributed by atoms with Crippen molar-refractivity contribution in [2.45, 2.75) is 45.2 Å². The van der Waals surface area contributed by atoms with Crippen molar-refractivity contribution in [2.75, 3.05) is 26.4 Å². The number of carbonyl (C=O) groups is 1. The normalized spacial score (nSPS) is 18.6. The highest BCUT2D eigenvalue weighted by Gasteiger charge is 2.69. The second-order valence-electron chi connectivity index (χ2n) is 6.25. The molecule has 0 saturated heterocycles. The van der Waals surface area contributed by atoms with Gasteiger partial charge in [-0.15, -0.1) is 0 Å². The van der Waals surface area contributed by atoms with Crippen molar-refractivity contribution in [3.05, 3.63) is 34.9 Å². The predicted octanol–water partition coefficient (Wildman–Crippen LogP) is 5.93. The van der Waals surface area contributed by atoms with Crippen LogP contribution in [0.25, 0.3) is 0 Å². The molecule has 0 aromatic heterocycles. The molecule has 30 heavy (non-hydrogen) atoms. The summed E-state index contributed by atoms with van der Waals surface area (Å²) >= 11 is 5.99. The molecule has 0 amide bonds. The van der Waals surface area contributed by atoms with E-state index in [4.69, 9.17) is 29.7 Å². The molecular weight excluding hydrogens is 454 g/mol. The summed E-state index contributed by atoms with van der Waals surface area (Å²) in [6.07, 6.45) is -0.313. The van der Waals surface area contributed by atoms with Crippen molar-refractivity contribution in [3.63, 3.8) is 0 Å². The minimum Gasteiger partial charge on any atom is -0.307 e. The van der Waals surface area contributed by atoms with E-state index >= 15 is 0 Å². The average molecular weight is 481 g/mol. The lowest BCUT2D eigenvalue weighted by atomic mass is 10.0. The van der Waals surface area contributed by atoms with Crippen molar-refractivity contribution in [1.82, 2.24) is 0 Å². The van der Waals surface area contributed by atoms with Crippen molar-refractivity contribution in [3.8, 4) is 0 Å². The topological polar surface area (TPSA) is 113 Å². The van der Waals surface area contributed by atoms with Crippen LogP contribution < -0.4 is 0 Å². The zero-order valence-corrected chi connectivity index (χ0v) is 20.0. The molecule has 0 fully saturated rings. The van der Waals surface area contributed by atoms with Gasteiger partial charge in [0.05, 0.1) is 26.4 Å². The molecule has 1 aliphatic rings. The number of nitrogens with zero attached hydrogens (tertiary/aromatic N) is 2. The second kappa shape index (κ2) is 10.6. The summed E-state index contributed by atoms with van der Waals surface area (Å²) in [6, 6.07) is 5.27. The summed E-state index contributed by atoms with van der Waals surface area (Å²) in [4.78, 5) is 13.0. The first-order valence-corrected chi connectivity index (χ1v) is 13.2. The van der Waals surface area contributed by atoms with E-state index in [0.717, 1.165) is 0 Å². The highest BCUT2D eigenvalue weighted by atomic mass is 35.5. The Kier molecular flexibility index (Phi) is 8.95. The maximum absolute atomic E-state index is 13.8. The standard InChI is InChI=1S/C18H27ClN2O7P2/c1-5-25-29(23,26-6-2)18(30(24,27-7-3)28-8-4)13-16(20-21-18)17(22)14-10-9-11-15(19)12-14/h9-12,16H,5-8,13H2,1-4H3. The van der Waals surface area contributed by atoms with Gasteiger partial charge in [-0.25, -0.2) is 0 Å². The first-order valence-electron chi connectivity index (χ1n) is 9.72. The van der Waals surface area contributed by atoms with Crippen LogP contribution in [0.2, 0.25) is 5.02 Å². The van der Waals surface area contributed by atoms with Gasteiger partial charge in [0.25, 0.3) is 5.02 Å². The van der Waals surface area contributed by atoms with Crippen LogP contribution in [0.4, 0.5) is 0 Å². The molecule has 1 heterocycles. The summed E-state index contributed by atoms with van der Waals surface area (Å²) in [6.45, 7) is 6.47. The summed E-state index contributed by atoms with van der Waals surface area (Å²) in [5, 5.41) is 6.40. The van der Waals surface area contributed by atoms with Gasteiger partial charge in [-0.05, 0) is 39.8 Å². The third-order valence-corrected chi connectivity index (χ3v) is 10.7.